The van der Waals surface area contributed by atoms with E-state index in [1.54, 1.807) is 0 Å². The van der Waals surface area contributed by atoms with E-state index in [9.17, 15) is 18.0 Å². The van der Waals surface area contributed by atoms with Crippen LogP contribution in [0, 0.1) is 5.92 Å². The van der Waals surface area contributed by atoms with Crippen LogP contribution >= 0.6 is 11.6 Å². The average molecular weight is 205 g/mol. The Morgan fingerprint density at radius 3 is 2.25 bits per heavy atom. The number of alkyl halides is 4. The minimum absolute atomic E-state index is 0.0415. The van der Waals surface area contributed by atoms with Gasteiger partial charge in [0.05, 0.1) is 0 Å². The highest BCUT2D eigenvalue weighted by Crippen LogP contribution is 2.29. The molecule has 12 heavy (non-hydrogen) atoms. The molecule has 72 valence electrons. The maximum absolute atomic E-state index is 11.9. The summed E-state index contributed by atoms with van der Waals surface area (Å²) in [6.45, 7) is 0. The highest BCUT2D eigenvalue weighted by Gasteiger charge is 2.44. The highest BCUT2D eigenvalue weighted by atomic mass is 35.5. The highest BCUT2D eigenvalue weighted by molar-refractivity contribution is 6.17. The van der Waals surface area contributed by atoms with Crippen LogP contribution in [0.4, 0.5) is 13.2 Å². The van der Waals surface area contributed by atoms with Crippen LogP contribution in [0.1, 0.15) is 12.8 Å². The number of hydrogen-bond donors (Lipinski definition) is 1. The molecule has 0 aliphatic heterocycles. The van der Waals surface area contributed by atoms with E-state index < -0.39 is 24.5 Å². The number of carbonyl (C=O) groups is 1. The first-order chi connectivity index (χ1) is 5.39. The van der Waals surface area contributed by atoms with Crippen molar-refractivity contribution in [3.05, 3.63) is 0 Å². The van der Waals surface area contributed by atoms with Gasteiger partial charge in [0, 0.05) is 5.88 Å². The van der Waals surface area contributed by atoms with Crippen LogP contribution in [-0.2, 0) is 4.79 Å². The van der Waals surface area contributed by atoms with Crippen molar-refractivity contribution in [3.8, 4) is 0 Å². The summed E-state index contributed by atoms with van der Waals surface area (Å²) >= 11 is 5.14. The van der Waals surface area contributed by atoms with E-state index in [1.165, 1.54) is 0 Å². The maximum Gasteiger partial charge on any atom is 0.402 e. The van der Waals surface area contributed by atoms with Gasteiger partial charge in [0.1, 0.15) is 0 Å². The summed E-state index contributed by atoms with van der Waals surface area (Å²) in [5.74, 6) is -4.08. The Morgan fingerprint density at radius 1 is 1.50 bits per heavy atom. The van der Waals surface area contributed by atoms with Crippen LogP contribution in [-0.4, -0.2) is 23.1 Å². The van der Waals surface area contributed by atoms with Crippen LogP contribution in [0.2, 0.25) is 0 Å². The second-order valence-electron chi connectivity index (χ2n) is 2.26. The Hall–Kier alpha value is -0.450. The zero-order valence-corrected chi connectivity index (χ0v) is 6.82. The standard InChI is InChI=1S/C6H8ClF3O2/c7-3-1-2-4(5(11)12)6(8,9)10/h4H,1-3H2,(H,11,12). The van der Waals surface area contributed by atoms with Crippen LogP contribution in [0.3, 0.4) is 0 Å². The summed E-state index contributed by atoms with van der Waals surface area (Å²) in [6, 6.07) is 0. The van der Waals surface area contributed by atoms with Gasteiger partial charge >= 0.3 is 12.1 Å². The minimum atomic E-state index is -4.67. The summed E-state index contributed by atoms with van der Waals surface area (Å²) in [6.07, 6.45) is -5.07. The molecule has 0 amide bonds. The number of rotatable bonds is 4. The maximum atomic E-state index is 11.9. The lowest BCUT2D eigenvalue weighted by Crippen LogP contribution is -2.30. The van der Waals surface area contributed by atoms with Crippen molar-refractivity contribution in [2.75, 3.05) is 5.88 Å². The van der Waals surface area contributed by atoms with Gasteiger partial charge in [-0.25, -0.2) is 0 Å². The van der Waals surface area contributed by atoms with Gasteiger partial charge in [-0.1, -0.05) is 0 Å². The topological polar surface area (TPSA) is 37.3 Å². The van der Waals surface area contributed by atoms with E-state index in [0.717, 1.165) is 0 Å². The van der Waals surface area contributed by atoms with Gasteiger partial charge in [-0.05, 0) is 12.8 Å². The summed E-state index contributed by atoms with van der Waals surface area (Å²) in [5, 5.41) is 8.17. The molecule has 0 aliphatic carbocycles. The third-order valence-corrected chi connectivity index (χ3v) is 1.59. The summed E-state index contributed by atoms with van der Waals surface area (Å²) in [7, 11) is 0. The molecule has 2 nitrogen and oxygen atoms in total. The molecule has 1 atom stereocenters. The van der Waals surface area contributed by atoms with E-state index >= 15 is 0 Å². The van der Waals surface area contributed by atoms with Crippen molar-refractivity contribution >= 4 is 17.6 Å². The van der Waals surface area contributed by atoms with Crippen LogP contribution in [0.25, 0.3) is 0 Å². The molecule has 0 aromatic carbocycles. The second-order valence-corrected chi connectivity index (χ2v) is 2.64. The number of halogens is 4. The molecule has 0 aromatic heterocycles. The van der Waals surface area contributed by atoms with Crippen LogP contribution < -0.4 is 0 Å². The van der Waals surface area contributed by atoms with Crippen molar-refractivity contribution < 1.29 is 23.1 Å². The van der Waals surface area contributed by atoms with Gasteiger partial charge in [-0.2, -0.15) is 13.2 Å². The lowest BCUT2D eigenvalue weighted by molar-refractivity contribution is -0.194. The Bertz CT molecular complexity index is 157. The third-order valence-electron chi connectivity index (χ3n) is 1.32. The Kier molecular flexibility index (Phi) is 4.37. The van der Waals surface area contributed by atoms with Crippen molar-refractivity contribution in [1.29, 1.82) is 0 Å². The second kappa shape index (κ2) is 4.54. The molecule has 0 aliphatic rings. The van der Waals surface area contributed by atoms with Crippen molar-refractivity contribution in [2.45, 2.75) is 19.0 Å². The summed E-state index contributed by atoms with van der Waals surface area (Å²) < 4.78 is 35.6. The van der Waals surface area contributed by atoms with Crippen LogP contribution in [0.15, 0.2) is 0 Å². The minimum Gasteiger partial charge on any atom is -0.481 e. The molecule has 0 bridgehead atoms. The lowest BCUT2D eigenvalue weighted by atomic mass is 10.0. The van der Waals surface area contributed by atoms with E-state index in [0.29, 0.717) is 0 Å². The van der Waals surface area contributed by atoms with Gasteiger partial charge in [0.2, 0.25) is 0 Å². The van der Waals surface area contributed by atoms with Crippen molar-refractivity contribution in [2.24, 2.45) is 5.92 Å². The number of carboxylic acid groups (broad SMARTS) is 1. The molecule has 0 saturated carbocycles. The molecular formula is C6H8ClF3O2. The van der Waals surface area contributed by atoms with Gasteiger partial charge < -0.3 is 5.11 Å². The first-order valence-electron chi connectivity index (χ1n) is 3.25. The predicted octanol–water partition coefficient (Wildman–Crippen LogP) is 2.27. The third kappa shape index (κ3) is 3.80. The smallest absolute Gasteiger partial charge is 0.402 e. The zero-order valence-electron chi connectivity index (χ0n) is 6.07. The normalized spacial score (nSPS) is 14.3. The molecule has 6 heteroatoms. The van der Waals surface area contributed by atoms with Gasteiger partial charge in [0.15, 0.2) is 5.92 Å². The monoisotopic (exact) mass is 204 g/mol. The van der Waals surface area contributed by atoms with E-state index in [2.05, 4.69) is 0 Å². The van der Waals surface area contributed by atoms with Gasteiger partial charge in [-0.3, -0.25) is 4.79 Å². The van der Waals surface area contributed by atoms with Crippen molar-refractivity contribution in [3.63, 3.8) is 0 Å². The Balaban J connectivity index is 4.15. The molecule has 0 rings (SSSR count). The van der Waals surface area contributed by atoms with Crippen LogP contribution in [0.5, 0.6) is 0 Å². The van der Waals surface area contributed by atoms with Crippen molar-refractivity contribution in [1.82, 2.24) is 0 Å². The average Bonchev–Trinajstić information content (AvgIpc) is 1.84. The predicted molar refractivity (Wildman–Crippen MR) is 37.1 cm³/mol. The first-order valence-corrected chi connectivity index (χ1v) is 3.78. The Morgan fingerprint density at radius 2 is 2.00 bits per heavy atom. The molecule has 0 saturated heterocycles. The largest absolute Gasteiger partial charge is 0.481 e. The molecule has 0 heterocycles. The fourth-order valence-corrected chi connectivity index (χ4v) is 0.863. The van der Waals surface area contributed by atoms with E-state index in [1.807, 2.05) is 0 Å². The fraction of sp³-hybridized carbons (Fsp3) is 0.833. The molecule has 1 N–H and O–H groups in total. The first kappa shape index (κ1) is 11.6. The number of carboxylic acids is 1. The van der Waals surface area contributed by atoms with E-state index in [4.69, 9.17) is 16.7 Å². The van der Waals surface area contributed by atoms with E-state index in [-0.39, 0.29) is 12.3 Å². The van der Waals surface area contributed by atoms with Gasteiger partial charge in [-0.15, -0.1) is 11.6 Å². The fourth-order valence-electron chi connectivity index (χ4n) is 0.708. The molecule has 0 aromatic rings. The summed E-state index contributed by atoms with van der Waals surface area (Å²) in [4.78, 5) is 10.1. The number of hydrogen-bond acceptors (Lipinski definition) is 1. The molecule has 1 unspecified atom stereocenters. The quantitative estimate of drug-likeness (QED) is 0.714. The molecular weight excluding hydrogens is 197 g/mol. The van der Waals surface area contributed by atoms with Gasteiger partial charge in [0.25, 0.3) is 0 Å². The zero-order chi connectivity index (χ0) is 9.78. The SMILES string of the molecule is O=C(O)C(CCCCl)C(F)(F)F. The lowest BCUT2D eigenvalue weighted by Gasteiger charge is -2.14. The molecule has 0 fully saturated rings. The molecule has 0 radical (unpaired) electrons. The number of aliphatic carboxylic acids is 1. The Labute approximate surface area is 72.3 Å². The molecule has 0 spiro atoms. The summed E-state index contributed by atoms with van der Waals surface area (Å²) in [5.41, 5.74) is 0.